The standard InChI is InChI=1S/C46H51N3O9/c1-43-15-12-32(50)19-30(43)9-11-37-36-13-16-46(56,44(36,2)21-38(51)45(37,43)3)39(52)25-58-42(55)34-20-33(34)41(54)57-24-26-4-6-27(7-5-26)35(22-47)40(53)49-31-10-8-29-23-48-17-14-28(29)18-31/h4-8,10,12,14-15,17-19,23,33-38,51,56H,9,11,13,16,20-22,24-25,47H2,1-3H3,(H,49,53)/t33?,34?,35-,36+,37+,38+,43+,44+,45-,46+/m1/s1. The highest BCUT2D eigenvalue weighted by atomic mass is 16.5. The van der Waals surface area contributed by atoms with E-state index in [-0.39, 0.29) is 55.9 Å². The molecule has 2 unspecified atom stereocenters. The lowest BCUT2D eigenvalue weighted by Crippen LogP contribution is -2.66. The summed E-state index contributed by atoms with van der Waals surface area (Å²) in [7, 11) is 0. The van der Waals surface area contributed by atoms with Crippen LogP contribution in [0.4, 0.5) is 5.69 Å². The Morgan fingerprint density at radius 2 is 1.71 bits per heavy atom. The molecule has 3 aromatic rings. The summed E-state index contributed by atoms with van der Waals surface area (Å²) in [6, 6.07) is 14.5. The zero-order valence-electron chi connectivity index (χ0n) is 33.1. The molecular formula is C46H51N3O9. The maximum Gasteiger partial charge on any atom is 0.310 e. The van der Waals surface area contributed by atoms with Crippen molar-refractivity contribution in [3.05, 3.63) is 95.9 Å². The van der Waals surface area contributed by atoms with Crippen LogP contribution in [0.2, 0.25) is 0 Å². The van der Waals surface area contributed by atoms with Crippen LogP contribution in [0.25, 0.3) is 10.8 Å². The molecule has 2 aromatic carbocycles. The Bertz CT molecular complexity index is 2250. The number of allylic oxidation sites excluding steroid dienone is 4. The topological polar surface area (TPSA) is 195 Å². The molecule has 0 radical (unpaired) electrons. The first-order valence-electron chi connectivity index (χ1n) is 20.3. The Kier molecular flexibility index (Phi) is 10.0. The molecule has 5 aliphatic carbocycles. The van der Waals surface area contributed by atoms with Crippen LogP contribution in [-0.2, 0) is 40.1 Å². The number of benzene rings is 2. The van der Waals surface area contributed by atoms with Crippen molar-refractivity contribution in [2.75, 3.05) is 18.5 Å². The molecule has 58 heavy (non-hydrogen) atoms. The molecule has 12 nitrogen and oxygen atoms in total. The van der Waals surface area contributed by atoms with Crippen molar-refractivity contribution in [2.45, 2.75) is 83.5 Å². The van der Waals surface area contributed by atoms with Gasteiger partial charge in [0.2, 0.25) is 11.7 Å². The first kappa shape index (κ1) is 39.8. The van der Waals surface area contributed by atoms with Gasteiger partial charge < -0.3 is 30.7 Å². The van der Waals surface area contributed by atoms with Gasteiger partial charge in [0, 0.05) is 46.3 Å². The number of ether oxygens (including phenoxy) is 2. The first-order valence-corrected chi connectivity index (χ1v) is 20.3. The Morgan fingerprint density at radius 1 is 0.966 bits per heavy atom. The Balaban J connectivity index is 0.823. The highest BCUT2D eigenvalue weighted by Crippen LogP contribution is 2.71. The quantitative estimate of drug-likeness (QED) is 0.189. The van der Waals surface area contributed by atoms with Crippen molar-refractivity contribution in [3.8, 4) is 0 Å². The highest BCUT2D eigenvalue weighted by Gasteiger charge is 2.71. The lowest BCUT2D eigenvalue weighted by Gasteiger charge is -2.65. The normalized spacial score (nSPS) is 33.9. The molecule has 4 saturated carbocycles. The minimum Gasteiger partial charge on any atom is -0.461 e. The highest BCUT2D eigenvalue weighted by molar-refractivity contribution is 6.01. The van der Waals surface area contributed by atoms with Gasteiger partial charge in [0.05, 0.1) is 23.9 Å². The molecule has 0 bridgehead atoms. The molecule has 1 aromatic heterocycles. The fourth-order valence-electron chi connectivity index (χ4n) is 11.1. The number of anilines is 1. The van der Waals surface area contributed by atoms with Gasteiger partial charge in [-0.05, 0) is 97.2 Å². The summed E-state index contributed by atoms with van der Waals surface area (Å²) in [4.78, 5) is 69.2. The number of hydrogen-bond donors (Lipinski definition) is 4. The van der Waals surface area contributed by atoms with E-state index in [0.717, 1.165) is 22.8 Å². The predicted molar refractivity (Wildman–Crippen MR) is 214 cm³/mol. The zero-order valence-corrected chi connectivity index (χ0v) is 33.1. The van der Waals surface area contributed by atoms with Crippen molar-refractivity contribution in [2.24, 2.45) is 45.7 Å². The molecule has 1 amide bonds. The third kappa shape index (κ3) is 6.40. The summed E-state index contributed by atoms with van der Waals surface area (Å²) < 4.78 is 10.9. The number of fused-ring (bicyclic) bond motifs is 6. The van der Waals surface area contributed by atoms with Gasteiger partial charge in [0.25, 0.3) is 0 Å². The van der Waals surface area contributed by atoms with Gasteiger partial charge in [-0.1, -0.05) is 62.8 Å². The smallest absolute Gasteiger partial charge is 0.310 e. The summed E-state index contributed by atoms with van der Waals surface area (Å²) in [6.45, 7) is 5.46. The van der Waals surface area contributed by atoms with E-state index in [1.54, 1.807) is 48.8 Å². The maximum atomic E-state index is 13.8. The second-order valence-electron chi connectivity index (χ2n) is 17.7. The number of ketones is 2. The van der Waals surface area contributed by atoms with Crippen molar-refractivity contribution in [1.82, 2.24) is 4.98 Å². The number of rotatable bonds is 11. The second kappa shape index (κ2) is 14.7. The minimum absolute atomic E-state index is 0.00354. The van der Waals surface area contributed by atoms with Crippen LogP contribution in [-0.4, -0.2) is 69.5 Å². The lowest BCUT2D eigenvalue weighted by molar-refractivity contribution is -0.206. The summed E-state index contributed by atoms with van der Waals surface area (Å²) in [5.41, 5.74) is 5.21. The molecule has 4 fully saturated rings. The van der Waals surface area contributed by atoms with Gasteiger partial charge >= 0.3 is 11.9 Å². The van der Waals surface area contributed by atoms with E-state index in [1.807, 2.05) is 37.3 Å². The molecule has 304 valence electrons. The van der Waals surface area contributed by atoms with Crippen molar-refractivity contribution >= 4 is 45.9 Å². The molecular weight excluding hydrogens is 739 g/mol. The van der Waals surface area contributed by atoms with Crippen LogP contribution in [0.3, 0.4) is 0 Å². The molecule has 8 rings (SSSR count). The van der Waals surface area contributed by atoms with Crippen molar-refractivity contribution in [3.63, 3.8) is 0 Å². The van der Waals surface area contributed by atoms with Crippen molar-refractivity contribution < 1.29 is 43.7 Å². The van der Waals surface area contributed by atoms with E-state index in [1.165, 1.54) is 0 Å². The molecule has 1 heterocycles. The molecule has 5 aliphatic rings. The number of carbonyl (C=O) groups is 5. The Hall–Kier alpha value is -5.04. The largest absolute Gasteiger partial charge is 0.461 e. The average Bonchev–Trinajstić information content (AvgIpc) is 3.97. The third-order valence-corrected chi connectivity index (χ3v) is 15.0. The number of carbonyl (C=O) groups excluding carboxylic acids is 5. The SMILES string of the molecule is C[C@]12[C@@H](O)C[C@@]3(C)[C@@H](CC[C@]3(O)C(=O)COC(=O)C3CC3C(=O)OCc3ccc([C@@H](CN)C(=O)Nc4ccc5cnccc5c4)cc3)[C@@H]1CCC1=CC(=O)C=C[C@@]12C. The molecule has 12 heteroatoms. The van der Waals surface area contributed by atoms with E-state index in [0.29, 0.717) is 29.7 Å². The van der Waals surface area contributed by atoms with Crippen LogP contribution in [0.1, 0.15) is 76.3 Å². The monoisotopic (exact) mass is 789 g/mol. The van der Waals surface area contributed by atoms with E-state index in [2.05, 4.69) is 24.1 Å². The first-order chi connectivity index (χ1) is 27.6. The van der Waals surface area contributed by atoms with Crippen LogP contribution in [0, 0.1) is 39.9 Å². The third-order valence-electron chi connectivity index (χ3n) is 15.0. The fourth-order valence-corrected chi connectivity index (χ4v) is 11.1. The van der Waals surface area contributed by atoms with Crippen LogP contribution in [0.5, 0.6) is 0 Å². The van der Waals surface area contributed by atoms with Gasteiger partial charge in [-0.25, -0.2) is 0 Å². The van der Waals surface area contributed by atoms with Crippen LogP contribution < -0.4 is 11.1 Å². The second-order valence-corrected chi connectivity index (χ2v) is 17.7. The number of amides is 1. The molecule has 0 saturated heterocycles. The summed E-state index contributed by atoms with van der Waals surface area (Å²) in [6.07, 6.45) is 10.5. The Morgan fingerprint density at radius 3 is 2.45 bits per heavy atom. The Labute approximate surface area is 337 Å². The van der Waals surface area contributed by atoms with Gasteiger partial charge in [0.1, 0.15) is 12.2 Å². The number of nitrogens with two attached hydrogens (primary N) is 1. The predicted octanol–water partition coefficient (Wildman–Crippen LogP) is 5.11. The summed E-state index contributed by atoms with van der Waals surface area (Å²) in [5.74, 6) is -4.25. The maximum absolute atomic E-state index is 13.8. The number of Topliss-reactive ketones (excluding diaryl/α,β-unsaturated/α-hetero) is 1. The summed E-state index contributed by atoms with van der Waals surface area (Å²) >= 11 is 0. The molecule has 10 atom stereocenters. The number of nitrogens with one attached hydrogen (secondary N) is 1. The number of aromatic nitrogens is 1. The lowest BCUT2D eigenvalue weighted by atomic mass is 9.39. The van der Waals surface area contributed by atoms with E-state index >= 15 is 0 Å². The van der Waals surface area contributed by atoms with Gasteiger partial charge in [-0.3, -0.25) is 29.0 Å². The van der Waals surface area contributed by atoms with Gasteiger partial charge in [0.15, 0.2) is 12.4 Å². The van der Waals surface area contributed by atoms with E-state index in [4.69, 9.17) is 15.2 Å². The van der Waals surface area contributed by atoms with Crippen LogP contribution >= 0.6 is 0 Å². The number of esters is 2. The number of aliphatic hydroxyl groups is 2. The summed E-state index contributed by atoms with van der Waals surface area (Å²) in [5, 5.41) is 28.8. The molecule has 0 aliphatic heterocycles. The number of pyridine rings is 1. The minimum atomic E-state index is -1.80. The zero-order chi connectivity index (χ0) is 41.2. The van der Waals surface area contributed by atoms with Gasteiger partial charge in [-0.2, -0.15) is 0 Å². The number of hydrogen-bond acceptors (Lipinski definition) is 11. The van der Waals surface area contributed by atoms with E-state index in [9.17, 15) is 34.2 Å². The fraction of sp³-hybridized carbons (Fsp3) is 0.478. The molecule has 0 spiro atoms. The van der Waals surface area contributed by atoms with Crippen LogP contribution in [0.15, 0.2) is 84.7 Å². The molecule has 5 N–H and O–H groups in total. The van der Waals surface area contributed by atoms with Crippen molar-refractivity contribution in [1.29, 1.82) is 0 Å². The average molecular weight is 790 g/mol. The van der Waals surface area contributed by atoms with Gasteiger partial charge in [-0.15, -0.1) is 0 Å². The number of aliphatic hydroxyl groups excluding tert-OH is 1. The number of nitrogens with zero attached hydrogens (tertiary/aromatic N) is 1. The van der Waals surface area contributed by atoms with E-state index < -0.39 is 70.0 Å².